The van der Waals surface area contributed by atoms with Gasteiger partial charge in [0.25, 0.3) is 5.91 Å². The van der Waals surface area contributed by atoms with E-state index in [1.807, 2.05) is 23.1 Å². The number of aromatic amines is 1. The van der Waals surface area contributed by atoms with Crippen molar-refractivity contribution in [1.29, 1.82) is 0 Å². The number of hydrogen-bond acceptors (Lipinski definition) is 2. The molecule has 21 heavy (non-hydrogen) atoms. The maximum atomic E-state index is 12.7. The number of H-pyrrole nitrogens is 1. The molecular weight excluding hydrogens is 262 g/mol. The molecule has 0 saturated carbocycles. The Kier molecular flexibility index (Phi) is 3.49. The van der Waals surface area contributed by atoms with Gasteiger partial charge in [-0.1, -0.05) is 0 Å². The van der Waals surface area contributed by atoms with Gasteiger partial charge in [-0.25, -0.2) is 0 Å². The summed E-state index contributed by atoms with van der Waals surface area (Å²) in [5, 5.41) is 1.15. The molecule has 1 aliphatic rings. The number of hydrogen-bond donors (Lipinski definition) is 1. The molecule has 1 saturated heterocycles. The molecule has 4 nitrogen and oxygen atoms in total. The van der Waals surface area contributed by atoms with Gasteiger partial charge in [-0.15, -0.1) is 0 Å². The second-order valence-electron chi connectivity index (χ2n) is 6.22. The Labute approximate surface area is 125 Å². The monoisotopic (exact) mass is 285 g/mol. The molecule has 2 aromatic rings. The Morgan fingerprint density at radius 1 is 1.29 bits per heavy atom. The highest BCUT2D eigenvalue weighted by Crippen LogP contribution is 2.23. The molecular formula is C17H23N3O. The van der Waals surface area contributed by atoms with Gasteiger partial charge in [-0.3, -0.25) is 4.79 Å². The molecule has 1 fully saturated rings. The predicted molar refractivity (Wildman–Crippen MR) is 85.8 cm³/mol. The van der Waals surface area contributed by atoms with Crippen molar-refractivity contribution in [3.05, 3.63) is 35.0 Å². The molecule has 112 valence electrons. The van der Waals surface area contributed by atoms with E-state index in [1.165, 1.54) is 11.3 Å². The third-order valence-electron chi connectivity index (χ3n) is 4.80. The number of amides is 1. The first kappa shape index (κ1) is 14.1. The van der Waals surface area contributed by atoms with Gasteiger partial charge >= 0.3 is 0 Å². The SMILES string of the molecule is Cc1[nH]c2ccc(C(=O)N3CCN(C)C(C)C3)cc2c1C. The van der Waals surface area contributed by atoms with Crippen LogP contribution in [0.4, 0.5) is 0 Å². The number of carbonyl (C=O) groups excluding carboxylic acids is 1. The number of piperazine rings is 1. The highest BCUT2D eigenvalue weighted by molar-refractivity contribution is 5.99. The lowest BCUT2D eigenvalue weighted by Gasteiger charge is -2.37. The summed E-state index contributed by atoms with van der Waals surface area (Å²) in [7, 11) is 2.12. The molecule has 1 atom stereocenters. The lowest BCUT2D eigenvalue weighted by atomic mass is 10.1. The zero-order valence-electron chi connectivity index (χ0n) is 13.2. The Balaban J connectivity index is 1.89. The molecule has 0 bridgehead atoms. The van der Waals surface area contributed by atoms with Crippen molar-refractivity contribution in [1.82, 2.24) is 14.8 Å². The summed E-state index contributed by atoms with van der Waals surface area (Å²) in [5.74, 6) is 0.148. The molecule has 1 unspecified atom stereocenters. The lowest BCUT2D eigenvalue weighted by molar-refractivity contribution is 0.0572. The van der Waals surface area contributed by atoms with E-state index in [2.05, 4.69) is 37.7 Å². The third-order valence-corrected chi connectivity index (χ3v) is 4.80. The number of aryl methyl sites for hydroxylation is 2. The van der Waals surface area contributed by atoms with E-state index in [1.54, 1.807) is 0 Å². The summed E-state index contributed by atoms with van der Waals surface area (Å²) in [6.45, 7) is 8.89. The number of likely N-dealkylation sites (N-methyl/N-ethyl adjacent to an activating group) is 1. The lowest BCUT2D eigenvalue weighted by Crippen LogP contribution is -2.52. The molecule has 0 radical (unpaired) electrons. The minimum absolute atomic E-state index is 0.148. The van der Waals surface area contributed by atoms with Crippen molar-refractivity contribution in [3.8, 4) is 0 Å². The summed E-state index contributed by atoms with van der Waals surface area (Å²) in [6, 6.07) is 6.40. The van der Waals surface area contributed by atoms with E-state index in [0.29, 0.717) is 6.04 Å². The van der Waals surface area contributed by atoms with Gasteiger partial charge in [0.05, 0.1) is 0 Å². The first-order valence-electron chi connectivity index (χ1n) is 7.56. The van der Waals surface area contributed by atoms with E-state index in [-0.39, 0.29) is 5.91 Å². The van der Waals surface area contributed by atoms with Crippen LogP contribution >= 0.6 is 0 Å². The second kappa shape index (κ2) is 5.19. The van der Waals surface area contributed by atoms with Crippen molar-refractivity contribution in [3.63, 3.8) is 0 Å². The van der Waals surface area contributed by atoms with E-state index in [4.69, 9.17) is 0 Å². The molecule has 1 aromatic heterocycles. The number of nitrogens with one attached hydrogen (secondary N) is 1. The summed E-state index contributed by atoms with van der Waals surface area (Å²) < 4.78 is 0. The first-order valence-corrected chi connectivity index (χ1v) is 7.56. The van der Waals surface area contributed by atoms with Gasteiger partial charge in [0.15, 0.2) is 0 Å². The number of fused-ring (bicyclic) bond motifs is 1. The number of carbonyl (C=O) groups is 1. The fourth-order valence-electron chi connectivity index (χ4n) is 3.01. The highest BCUT2D eigenvalue weighted by atomic mass is 16.2. The standard InChI is InChI=1S/C17H23N3O/c1-11-10-20(8-7-19(11)4)17(21)14-5-6-16-15(9-14)12(2)13(3)18-16/h5-6,9,11,18H,7-8,10H2,1-4H3. The maximum Gasteiger partial charge on any atom is 0.253 e. The van der Waals surface area contributed by atoms with E-state index in [0.717, 1.165) is 36.1 Å². The van der Waals surface area contributed by atoms with Crippen LogP contribution in [-0.4, -0.2) is 53.4 Å². The van der Waals surface area contributed by atoms with Gasteiger partial charge in [0.1, 0.15) is 0 Å². The van der Waals surface area contributed by atoms with Crippen LogP contribution in [-0.2, 0) is 0 Å². The van der Waals surface area contributed by atoms with Crippen molar-refractivity contribution in [2.45, 2.75) is 26.8 Å². The molecule has 0 aliphatic carbocycles. The fourth-order valence-corrected chi connectivity index (χ4v) is 3.01. The zero-order valence-corrected chi connectivity index (χ0v) is 13.2. The number of benzene rings is 1. The Hall–Kier alpha value is -1.81. The largest absolute Gasteiger partial charge is 0.358 e. The van der Waals surface area contributed by atoms with Gasteiger partial charge in [0.2, 0.25) is 0 Å². The summed E-state index contributed by atoms with van der Waals surface area (Å²) in [5.41, 5.74) is 4.30. The quantitative estimate of drug-likeness (QED) is 0.874. The molecule has 3 rings (SSSR count). The van der Waals surface area contributed by atoms with Crippen LogP contribution in [0.5, 0.6) is 0 Å². The van der Waals surface area contributed by atoms with Crippen LogP contribution < -0.4 is 0 Å². The maximum absolute atomic E-state index is 12.7. The zero-order chi connectivity index (χ0) is 15.1. The van der Waals surface area contributed by atoms with Crippen molar-refractivity contribution in [2.75, 3.05) is 26.7 Å². The minimum Gasteiger partial charge on any atom is -0.358 e. The highest BCUT2D eigenvalue weighted by Gasteiger charge is 2.25. The molecule has 4 heteroatoms. The number of nitrogens with zero attached hydrogens (tertiary/aromatic N) is 2. The van der Waals surface area contributed by atoms with Crippen molar-refractivity contribution >= 4 is 16.8 Å². The molecule has 1 N–H and O–H groups in total. The Morgan fingerprint density at radius 3 is 2.76 bits per heavy atom. The van der Waals surface area contributed by atoms with Gasteiger partial charge in [-0.2, -0.15) is 0 Å². The number of rotatable bonds is 1. The van der Waals surface area contributed by atoms with Crippen LogP contribution in [0.3, 0.4) is 0 Å². The van der Waals surface area contributed by atoms with E-state index in [9.17, 15) is 4.79 Å². The van der Waals surface area contributed by atoms with E-state index < -0.39 is 0 Å². The first-order chi connectivity index (χ1) is 9.97. The average molecular weight is 285 g/mol. The molecule has 1 amide bonds. The Morgan fingerprint density at radius 2 is 2.05 bits per heavy atom. The van der Waals surface area contributed by atoms with Crippen molar-refractivity contribution < 1.29 is 4.79 Å². The summed E-state index contributed by atoms with van der Waals surface area (Å²) in [4.78, 5) is 20.3. The molecule has 1 aromatic carbocycles. The topological polar surface area (TPSA) is 39.3 Å². The van der Waals surface area contributed by atoms with Crippen LogP contribution in [0, 0.1) is 13.8 Å². The number of aromatic nitrogens is 1. The average Bonchev–Trinajstić information content (AvgIpc) is 2.76. The molecule has 0 spiro atoms. The van der Waals surface area contributed by atoms with Crippen molar-refractivity contribution in [2.24, 2.45) is 0 Å². The summed E-state index contributed by atoms with van der Waals surface area (Å²) >= 11 is 0. The van der Waals surface area contributed by atoms with Crippen LogP contribution in [0.1, 0.15) is 28.5 Å². The normalized spacial score (nSPS) is 20.2. The van der Waals surface area contributed by atoms with Crippen LogP contribution in [0.25, 0.3) is 10.9 Å². The molecule has 2 heterocycles. The van der Waals surface area contributed by atoms with Gasteiger partial charge in [-0.05, 0) is 51.6 Å². The van der Waals surface area contributed by atoms with Gasteiger partial charge in [0, 0.05) is 47.8 Å². The van der Waals surface area contributed by atoms with Crippen LogP contribution in [0.2, 0.25) is 0 Å². The molecule has 1 aliphatic heterocycles. The van der Waals surface area contributed by atoms with Crippen LogP contribution in [0.15, 0.2) is 18.2 Å². The minimum atomic E-state index is 0.148. The van der Waals surface area contributed by atoms with Gasteiger partial charge < -0.3 is 14.8 Å². The van der Waals surface area contributed by atoms with E-state index >= 15 is 0 Å². The second-order valence-corrected chi connectivity index (χ2v) is 6.22. The fraction of sp³-hybridized carbons (Fsp3) is 0.471. The summed E-state index contributed by atoms with van der Waals surface area (Å²) in [6.07, 6.45) is 0. The smallest absolute Gasteiger partial charge is 0.253 e. The predicted octanol–water partition coefficient (Wildman–Crippen LogP) is 2.56. The Bertz CT molecular complexity index is 689. The third kappa shape index (κ3) is 2.44.